The van der Waals surface area contributed by atoms with Crippen LogP contribution in [0.25, 0.3) is 0 Å². The van der Waals surface area contributed by atoms with Gasteiger partial charge in [0, 0.05) is 0 Å². The van der Waals surface area contributed by atoms with Gasteiger partial charge in [-0.2, -0.15) is 0 Å². The van der Waals surface area contributed by atoms with Crippen LogP contribution in [0.2, 0.25) is 0 Å². The first-order valence-corrected chi connectivity index (χ1v) is 11.5. The summed E-state index contributed by atoms with van der Waals surface area (Å²) in [5.41, 5.74) is 4.37. The van der Waals surface area contributed by atoms with E-state index in [0.717, 1.165) is 32.8 Å². The number of rotatable bonds is 7. The molecule has 156 valence electrons. The highest BCUT2D eigenvalue weighted by Gasteiger charge is 2.23. The molecule has 3 rings (SSSR count). The number of carbonyl (C=O) groups is 1. The standard InChI is InChI=1S/C24H26N2O3S/c1-18-12-14-21(15-13-18)24(20-9-5-4-6-10-20)25-23(27)17-26(30(3,28)29)22-11-7-8-19(2)16-22/h4-16,24H,17H2,1-3H3,(H,25,27)/t24-/m0/s1. The Kier molecular flexibility index (Phi) is 6.57. The zero-order valence-corrected chi connectivity index (χ0v) is 18.2. The lowest BCUT2D eigenvalue weighted by atomic mass is 9.98. The lowest BCUT2D eigenvalue weighted by molar-refractivity contribution is -0.120. The van der Waals surface area contributed by atoms with Gasteiger partial charge in [-0.15, -0.1) is 0 Å². The first-order chi connectivity index (χ1) is 14.2. The molecule has 0 bridgehead atoms. The quantitative estimate of drug-likeness (QED) is 0.626. The fraction of sp³-hybridized carbons (Fsp3) is 0.208. The van der Waals surface area contributed by atoms with Crippen LogP contribution in [0.5, 0.6) is 0 Å². The Morgan fingerprint density at radius 1 is 0.867 bits per heavy atom. The van der Waals surface area contributed by atoms with Crippen molar-refractivity contribution in [2.24, 2.45) is 0 Å². The minimum atomic E-state index is -3.63. The van der Waals surface area contributed by atoms with Crippen molar-refractivity contribution in [1.82, 2.24) is 5.32 Å². The Hall–Kier alpha value is -3.12. The van der Waals surface area contributed by atoms with Gasteiger partial charge >= 0.3 is 0 Å². The lowest BCUT2D eigenvalue weighted by Crippen LogP contribution is -2.41. The van der Waals surface area contributed by atoms with Crippen molar-refractivity contribution in [3.63, 3.8) is 0 Å². The Bertz CT molecular complexity index is 1110. The van der Waals surface area contributed by atoms with Gasteiger partial charge in [0.05, 0.1) is 18.0 Å². The minimum Gasteiger partial charge on any atom is -0.344 e. The molecule has 1 N–H and O–H groups in total. The van der Waals surface area contributed by atoms with Crippen LogP contribution in [-0.4, -0.2) is 27.1 Å². The van der Waals surface area contributed by atoms with E-state index in [4.69, 9.17) is 0 Å². The van der Waals surface area contributed by atoms with Crippen LogP contribution < -0.4 is 9.62 Å². The van der Waals surface area contributed by atoms with Crippen LogP contribution in [0, 0.1) is 13.8 Å². The second-order valence-corrected chi connectivity index (χ2v) is 9.34. The van der Waals surface area contributed by atoms with E-state index in [0.29, 0.717) is 5.69 Å². The summed E-state index contributed by atoms with van der Waals surface area (Å²) in [6, 6.07) is 24.3. The van der Waals surface area contributed by atoms with Crippen molar-refractivity contribution in [2.75, 3.05) is 17.1 Å². The molecular formula is C24H26N2O3S. The smallest absolute Gasteiger partial charge is 0.241 e. The SMILES string of the molecule is Cc1ccc([C@@H](NC(=O)CN(c2cccc(C)c2)S(C)(=O)=O)c2ccccc2)cc1. The van der Waals surface area contributed by atoms with Gasteiger partial charge in [0.2, 0.25) is 15.9 Å². The van der Waals surface area contributed by atoms with Gasteiger partial charge < -0.3 is 5.32 Å². The average Bonchev–Trinajstić information content (AvgIpc) is 2.71. The first kappa shape index (κ1) is 21.6. The highest BCUT2D eigenvalue weighted by atomic mass is 32.2. The molecule has 0 aliphatic heterocycles. The molecule has 0 aliphatic rings. The molecule has 0 saturated heterocycles. The molecule has 0 aliphatic carbocycles. The fourth-order valence-electron chi connectivity index (χ4n) is 3.28. The van der Waals surface area contributed by atoms with Crippen molar-refractivity contribution in [2.45, 2.75) is 19.9 Å². The normalized spacial score (nSPS) is 12.2. The predicted octanol–water partition coefficient (Wildman–Crippen LogP) is 3.98. The highest BCUT2D eigenvalue weighted by Crippen LogP contribution is 2.23. The van der Waals surface area contributed by atoms with Crippen LogP contribution in [0.15, 0.2) is 78.9 Å². The summed E-state index contributed by atoms with van der Waals surface area (Å²) in [5.74, 6) is -0.378. The Balaban J connectivity index is 1.88. The lowest BCUT2D eigenvalue weighted by Gasteiger charge is -2.25. The molecule has 3 aromatic carbocycles. The summed E-state index contributed by atoms with van der Waals surface area (Å²) in [7, 11) is -3.63. The number of aryl methyl sites for hydroxylation is 2. The van der Waals surface area contributed by atoms with Crippen LogP contribution in [0.3, 0.4) is 0 Å². The maximum Gasteiger partial charge on any atom is 0.241 e. The van der Waals surface area contributed by atoms with Gasteiger partial charge in [-0.1, -0.05) is 72.3 Å². The summed E-state index contributed by atoms with van der Waals surface area (Å²) < 4.78 is 25.9. The number of hydrogen-bond acceptors (Lipinski definition) is 3. The summed E-state index contributed by atoms with van der Waals surface area (Å²) in [6.45, 7) is 3.59. The molecule has 30 heavy (non-hydrogen) atoms. The predicted molar refractivity (Wildman–Crippen MR) is 121 cm³/mol. The van der Waals surface area contributed by atoms with Crippen LogP contribution in [0.4, 0.5) is 5.69 Å². The Labute approximate surface area is 178 Å². The summed E-state index contributed by atoms with van der Waals surface area (Å²) in [4.78, 5) is 13.0. The second-order valence-electron chi connectivity index (χ2n) is 7.43. The molecule has 0 aromatic heterocycles. The van der Waals surface area contributed by atoms with E-state index in [1.807, 2.05) is 74.5 Å². The van der Waals surface area contributed by atoms with Crippen LogP contribution in [-0.2, 0) is 14.8 Å². The molecule has 0 fully saturated rings. The fourth-order valence-corrected chi connectivity index (χ4v) is 4.13. The number of carbonyl (C=O) groups excluding carboxylic acids is 1. The molecular weight excluding hydrogens is 396 g/mol. The van der Waals surface area contributed by atoms with E-state index in [1.54, 1.807) is 18.2 Å². The largest absolute Gasteiger partial charge is 0.344 e. The van der Waals surface area contributed by atoms with E-state index in [9.17, 15) is 13.2 Å². The van der Waals surface area contributed by atoms with E-state index >= 15 is 0 Å². The zero-order chi connectivity index (χ0) is 21.7. The molecule has 1 atom stereocenters. The number of hydrogen-bond donors (Lipinski definition) is 1. The van der Waals surface area contributed by atoms with Crippen molar-refractivity contribution in [3.05, 3.63) is 101 Å². The van der Waals surface area contributed by atoms with Crippen LogP contribution >= 0.6 is 0 Å². The Morgan fingerprint density at radius 2 is 1.50 bits per heavy atom. The number of sulfonamides is 1. The maximum absolute atomic E-state index is 13.0. The molecule has 0 heterocycles. The zero-order valence-electron chi connectivity index (χ0n) is 17.4. The summed E-state index contributed by atoms with van der Waals surface area (Å²) >= 11 is 0. The van der Waals surface area contributed by atoms with Gasteiger partial charge in [0.1, 0.15) is 6.54 Å². The van der Waals surface area contributed by atoms with Gasteiger partial charge in [-0.25, -0.2) is 8.42 Å². The second kappa shape index (κ2) is 9.13. The monoisotopic (exact) mass is 422 g/mol. The summed E-state index contributed by atoms with van der Waals surface area (Å²) in [6.07, 6.45) is 1.11. The molecule has 1 amide bonds. The van der Waals surface area contributed by atoms with E-state index in [-0.39, 0.29) is 18.5 Å². The third-order valence-electron chi connectivity index (χ3n) is 4.83. The van der Waals surface area contributed by atoms with Gasteiger partial charge in [0.15, 0.2) is 0 Å². The minimum absolute atomic E-state index is 0.294. The van der Waals surface area contributed by atoms with E-state index < -0.39 is 10.0 Å². The van der Waals surface area contributed by atoms with Crippen LogP contribution in [0.1, 0.15) is 28.3 Å². The number of nitrogens with one attached hydrogen (secondary N) is 1. The summed E-state index contributed by atoms with van der Waals surface area (Å²) in [5, 5.41) is 3.01. The third kappa shape index (κ3) is 5.48. The molecule has 5 nitrogen and oxygen atoms in total. The molecule has 6 heteroatoms. The number of amides is 1. The molecule has 0 spiro atoms. The number of nitrogens with zero attached hydrogens (tertiary/aromatic N) is 1. The third-order valence-corrected chi connectivity index (χ3v) is 5.97. The van der Waals surface area contributed by atoms with Gasteiger partial charge in [0.25, 0.3) is 0 Å². The van der Waals surface area contributed by atoms with Crippen molar-refractivity contribution in [1.29, 1.82) is 0 Å². The van der Waals surface area contributed by atoms with E-state index in [2.05, 4.69) is 5.32 Å². The topological polar surface area (TPSA) is 66.5 Å². The first-order valence-electron chi connectivity index (χ1n) is 9.69. The average molecular weight is 423 g/mol. The molecule has 0 unspecified atom stereocenters. The van der Waals surface area contributed by atoms with Crippen molar-refractivity contribution in [3.8, 4) is 0 Å². The van der Waals surface area contributed by atoms with Gasteiger partial charge in [-0.05, 0) is 42.7 Å². The number of anilines is 1. The highest BCUT2D eigenvalue weighted by molar-refractivity contribution is 7.92. The molecule has 0 radical (unpaired) electrons. The number of benzene rings is 3. The van der Waals surface area contributed by atoms with Gasteiger partial charge in [-0.3, -0.25) is 9.10 Å². The van der Waals surface area contributed by atoms with Crippen molar-refractivity contribution >= 4 is 21.6 Å². The van der Waals surface area contributed by atoms with Crippen molar-refractivity contribution < 1.29 is 13.2 Å². The Morgan fingerprint density at radius 3 is 2.10 bits per heavy atom. The molecule has 0 saturated carbocycles. The molecule has 3 aromatic rings. The van der Waals surface area contributed by atoms with E-state index in [1.165, 1.54) is 0 Å². The maximum atomic E-state index is 13.0.